The minimum Gasteiger partial charge on any atom is -0.467 e. The molecule has 11 heteroatoms. The van der Waals surface area contributed by atoms with E-state index in [-0.39, 0.29) is 40.8 Å². The molecule has 2 aromatic carbocycles. The van der Waals surface area contributed by atoms with Gasteiger partial charge >= 0.3 is 0 Å². The van der Waals surface area contributed by atoms with E-state index in [4.69, 9.17) is 4.42 Å². The van der Waals surface area contributed by atoms with Crippen LogP contribution in [0.5, 0.6) is 0 Å². The second-order valence-corrected chi connectivity index (χ2v) is 12.8. The summed E-state index contributed by atoms with van der Waals surface area (Å²) in [7, 11) is -6.88. The van der Waals surface area contributed by atoms with E-state index >= 15 is 0 Å². The first-order chi connectivity index (χ1) is 16.1. The molecule has 0 aliphatic heterocycles. The highest BCUT2D eigenvalue weighted by Crippen LogP contribution is 2.32. The van der Waals surface area contributed by atoms with E-state index in [0.717, 1.165) is 6.26 Å². The summed E-state index contributed by atoms with van der Waals surface area (Å²) in [4.78, 5) is 19.5. The number of aromatic nitrogens is 1. The number of rotatable bonds is 9. The molecule has 34 heavy (non-hydrogen) atoms. The lowest BCUT2D eigenvalue weighted by atomic mass is 10.3. The van der Waals surface area contributed by atoms with Gasteiger partial charge in [0, 0.05) is 12.7 Å². The highest BCUT2D eigenvalue weighted by atomic mass is 32.2. The number of fused-ring (bicyclic) bond motifs is 1. The van der Waals surface area contributed by atoms with Gasteiger partial charge in [-0.3, -0.25) is 9.69 Å². The zero-order chi connectivity index (χ0) is 24.3. The maximum Gasteiger partial charge on any atom is 0.229 e. The van der Waals surface area contributed by atoms with Gasteiger partial charge in [-0.2, -0.15) is 0 Å². The number of furan rings is 1. The van der Waals surface area contributed by atoms with Gasteiger partial charge in [0.2, 0.25) is 5.91 Å². The summed E-state index contributed by atoms with van der Waals surface area (Å²) in [6, 6.07) is 16.2. The molecule has 4 rings (SSSR count). The molecule has 0 spiro atoms. The summed E-state index contributed by atoms with van der Waals surface area (Å²) < 4.78 is 54.9. The molecule has 0 N–H and O–H groups in total. The topological polar surface area (TPSA) is 115 Å². The van der Waals surface area contributed by atoms with Crippen LogP contribution in [-0.4, -0.2) is 39.7 Å². The van der Waals surface area contributed by atoms with Gasteiger partial charge in [-0.1, -0.05) is 29.5 Å². The van der Waals surface area contributed by atoms with Crippen LogP contribution in [0.3, 0.4) is 0 Å². The fourth-order valence-electron chi connectivity index (χ4n) is 3.35. The Bertz CT molecular complexity index is 1510. The van der Waals surface area contributed by atoms with Crippen LogP contribution in [0, 0.1) is 0 Å². The van der Waals surface area contributed by atoms with E-state index < -0.39 is 19.7 Å². The van der Waals surface area contributed by atoms with Crippen LogP contribution in [0.25, 0.3) is 10.2 Å². The quantitative estimate of drug-likeness (QED) is 0.328. The van der Waals surface area contributed by atoms with Crippen LogP contribution in [0.4, 0.5) is 5.13 Å². The van der Waals surface area contributed by atoms with Crippen molar-refractivity contribution >= 4 is 52.3 Å². The number of anilines is 1. The molecule has 1 amide bonds. The Morgan fingerprint density at radius 2 is 1.76 bits per heavy atom. The molecule has 4 aromatic rings. The molecule has 0 aliphatic rings. The Morgan fingerprint density at radius 3 is 2.44 bits per heavy atom. The highest BCUT2D eigenvalue weighted by Gasteiger charge is 2.23. The SMILES string of the molecule is CS(=O)(=O)c1ccc2nc(N(Cc3ccco3)C(=O)CCCS(=O)(=O)c3ccccc3)sc2c1. The fourth-order valence-corrected chi connectivity index (χ4v) is 6.43. The van der Waals surface area contributed by atoms with Crippen LogP contribution in [0.2, 0.25) is 0 Å². The van der Waals surface area contributed by atoms with Gasteiger partial charge in [0.1, 0.15) is 5.76 Å². The third-order valence-electron chi connectivity index (χ3n) is 5.11. The Labute approximate surface area is 201 Å². The van der Waals surface area contributed by atoms with Gasteiger partial charge in [-0.15, -0.1) is 0 Å². The zero-order valence-corrected chi connectivity index (χ0v) is 20.7. The molecule has 2 aromatic heterocycles. The van der Waals surface area contributed by atoms with E-state index in [0.29, 0.717) is 21.1 Å². The van der Waals surface area contributed by atoms with E-state index in [1.165, 1.54) is 46.8 Å². The lowest BCUT2D eigenvalue weighted by molar-refractivity contribution is -0.118. The van der Waals surface area contributed by atoms with Crippen molar-refractivity contribution < 1.29 is 26.0 Å². The van der Waals surface area contributed by atoms with Crippen LogP contribution in [-0.2, 0) is 31.0 Å². The molecule has 178 valence electrons. The largest absolute Gasteiger partial charge is 0.467 e. The van der Waals surface area contributed by atoms with E-state index in [1.807, 2.05) is 0 Å². The summed E-state index contributed by atoms with van der Waals surface area (Å²) in [6.45, 7) is 0.121. The van der Waals surface area contributed by atoms with Crippen molar-refractivity contribution in [1.29, 1.82) is 0 Å². The van der Waals surface area contributed by atoms with Gasteiger partial charge in [0.05, 0.1) is 38.6 Å². The lowest BCUT2D eigenvalue weighted by Gasteiger charge is -2.18. The predicted molar refractivity (Wildman–Crippen MR) is 130 cm³/mol. The number of benzene rings is 2. The molecule has 2 heterocycles. The van der Waals surface area contributed by atoms with Crippen molar-refractivity contribution in [1.82, 2.24) is 4.98 Å². The molecule has 0 unspecified atom stereocenters. The number of carbonyl (C=O) groups is 1. The Morgan fingerprint density at radius 1 is 1.00 bits per heavy atom. The van der Waals surface area contributed by atoms with Crippen molar-refractivity contribution in [3.63, 3.8) is 0 Å². The highest BCUT2D eigenvalue weighted by molar-refractivity contribution is 7.91. The second kappa shape index (κ2) is 9.69. The average Bonchev–Trinajstić information content (AvgIpc) is 3.46. The first-order valence-electron chi connectivity index (χ1n) is 10.3. The molecular formula is C23H22N2O6S3. The van der Waals surface area contributed by atoms with Crippen molar-refractivity contribution in [2.24, 2.45) is 0 Å². The average molecular weight is 519 g/mol. The maximum absolute atomic E-state index is 13.2. The standard InChI is InChI=1S/C23H22N2O6S3/c1-33(27,28)19-11-12-20-21(15-19)32-23(24-20)25(16-17-7-5-13-31-17)22(26)10-6-14-34(29,30)18-8-3-2-4-9-18/h2-5,7-9,11-13,15H,6,10,14,16H2,1H3. The summed E-state index contributed by atoms with van der Waals surface area (Å²) >= 11 is 1.19. The number of thiazole rings is 1. The van der Waals surface area contributed by atoms with Crippen LogP contribution < -0.4 is 4.90 Å². The first kappa shape index (κ1) is 24.1. The van der Waals surface area contributed by atoms with E-state index in [9.17, 15) is 21.6 Å². The number of amides is 1. The number of hydrogen-bond acceptors (Lipinski definition) is 8. The van der Waals surface area contributed by atoms with Crippen LogP contribution in [0.15, 0.2) is 81.1 Å². The molecule has 0 atom stereocenters. The summed E-state index contributed by atoms with van der Waals surface area (Å²) in [6.07, 6.45) is 2.78. The summed E-state index contributed by atoms with van der Waals surface area (Å²) in [5, 5.41) is 0.382. The zero-order valence-electron chi connectivity index (χ0n) is 18.2. The van der Waals surface area contributed by atoms with Crippen molar-refractivity contribution in [2.75, 3.05) is 16.9 Å². The molecule has 0 radical (unpaired) electrons. The molecule has 0 saturated carbocycles. The molecule has 0 saturated heterocycles. The number of nitrogens with zero attached hydrogens (tertiary/aromatic N) is 2. The first-order valence-corrected chi connectivity index (χ1v) is 14.7. The van der Waals surface area contributed by atoms with Crippen molar-refractivity contribution in [3.05, 3.63) is 72.7 Å². The lowest BCUT2D eigenvalue weighted by Crippen LogP contribution is -2.30. The van der Waals surface area contributed by atoms with E-state index in [2.05, 4.69) is 4.98 Å². The normalized spacial score (nSPS) is 12.1. The maximum atomic E-state index is 13.2. The van der Waals surface area contributed by atoms with Crippen molar-refractivity contribution in [3.8, 4) is 0 Å². The Hall–Kier alpha value is -3.02. The van der Waals surface area contributed by atoms with Gasteiger partial charge in [-0.25, -0.2) is 21.8 Å². The molecule has 0 aliphatic carbocycles. The molecule has 0 bridgehead atoms. The molecular weight excluding hydrogens is 496 g/mol. The number of hydrogen-bond donors (Lipinski definition) is 0. The van der Waals surface area contributed by atoms with Gasteiger partial charge in [-0.05, 0) is 48.9 Å². The fraction of sp³-hybridized carbons (Fsp3) is 0.217. The van der Waals surface area contributed by atoms with E-state index in [1.54, 1.807) is 36.4 Å². The minimum absolute atomic E-state index is 0.00269. The predicted octanol–water partition coefficient (Wildman–Crippen LogP) is 4.08. The Kier molecular flexibility index (Phi) is 6.87. The summed E-state index contributed by atoms with van der Waals surface area (Å²) in [5.74, 6) is 0.0814. The Balaban J connectivity index is 1.56. The summed E-state index contributed by atoms with van der Waals surface area (Å²) in [5.41, 5.74) is 0.566. The third-order valence-corrected chi connectivity index (χ3v) is 9.08. The third kappa shape index (κ3) is 5.54. The smallest absolute Gasteiger partial charge is 0.229 e. The van der Waals surface area contributed by atoms with Gasteiger partial charge in [0.15, 0.2) is 24.8 Å². The monoisotopic (exact) mass is 518 g/mol. The van der Waals surface area contributed by atoms with Crippen LogP contribution in [0.1, 0.15) is 18.6 Å². The number of carbonyl (C=O) groups excluding carboxylic acids is 1. The molecule has 8 nitrogen and oxygen atoms in total. The van der Waals surface area contributed by atoms with Gasteiger partial charge < -0.3 is 4.42 Å². The van der Waals surface area contributed by atoms with Gasteiger partial charge in [0.25, 0.3) is 0 Å². The van der Waals surface area contributed by atoms with Crippen molar-refractivity contribution in [2.45, 2.75) is 29.2 Å². The minimum atomic E-state index is -3.49. The number of sulfone groups is 2. The molecule has 0 fully saturated rings. The second-order valence-electron chi connectivity index (χ2n) is 7.69. The van der Waals surface area contributed by atoms with Crippen LogP contribution >= 0.6 is 11.3 Å².